The number of carbonyl (C=O) groups excluding carboxylic acids is 2. The van der Waals surface area contributed by atoms with Gasteiger partial charge in [-0.15, -0.1) is 0 Å². The maximum Gasteiger partial charge on any atom is 0.411 e. The van der Waals surface area contributed by atoms with Gasteiger partial charge in [-0.25, -0.2) is 9.59 Å². The molecule has 2 atom stereocenters. The summed E-state index contributed by atoms with van der Waals surface area (Å²) in [6.45, 7) is 8.64. The van der Waals surface area contributed by atoms with Gasteiger partial charge in [0.25, 0.3) is 0 Å². The van der Waals surface area contributed by atoms with Gasteiger partial charge in [0, 0.05) is 12.6 Å². The summed E-state index contributed by atoms with van der Waals surface area (Å²) in [5.41, 5.74) is -0.401. The molecular formula is C21H32N2O4. The lowest BCUT2D eigenvalue weighted by Crippen LogP contribution is -2.55. The molecule has 150 valence electrons. The van der Waals surface area contributed by atoms with Crippen molar-refractivity contribution in [3.63, 3.8) is 0 Å². The van der Waals surface area contributed by atoms with Crippen LogP contribution in [0.25, 0.3) is 0 Å². The van der Waals surface area contributed by atoms with Gasteiger partial charge in [0.2, 0.25) is 0 Å². The molecule has 1 aromatic rings. The summed E-state index contributed by atoms with van der Waals surface area (Å²) in [4.78, 5) is 26.9. The van der Waals surface area contributed by atoms with E-state index in [1.807, 2.05) is 39.0 Å². The summed E-state index contributed by atoms with van der Waals surface area (Å²) < 4.78 is 10.6. The average molecular weight is 376 g/mol. The van der Waals surface area contributed by atoms with E-state index in [2.05, 4.69) is 24.4 Å². The summed E-state index contributed by atoms with van der Waals surface area (Å²) in [5.74, 6) is -0.375. The molecule has 6 nitrogen and oxygen atoms in total. The van der Waals surface area contributed by atoms with E-state index >= 15 is 0 Å². The number of nitrogens with zero attached hydrogens (tertiary/aromatic N) is 1. The molecule has 0 saturated carbocycles. The summed E-state index contributed by atoms with van der Waals surface area (Å²) in [7, 11) is 1.37. The SMILES string of the molecule is COC(=O)C1(CCN[C@H](C)c2ccccc2)CCCN1C(=O)OC(C)(C)C. The first-order chi connectivity index (χ1) is 12.7. The predicted molar refractivity (Wildman–Crippen MR) is 104 cm³/mol. The second-order valence-corrected chi connectivity index (χ2v) is 8.10. The Morgan fingerprint density at radius 1 is 1.26 bits per heavy atom. The molecule has 0 radical (unpaired) electrons. The van der Waals surface area contributed by atoms with Crippen LogP contribution in [0.2, 0.25) is 0 Å². The number of hydrogen-bond acceptors (Lipinski definition) is 5. The van der Waals surface area contributed by atoms with Crippen LogP contribution in [0.3, 0.4) is 0 Å². The fourth-order valence-electron chi connectivity index (χ4n) is 3.58. The lowest BCUT2D eigenvalue weighted by molar-refractivity contribution is -0.153. The molecule has 0 aromatic heterocycles. The van der Waals surface area contributed by atoms with Crippen molar-refractivity contribution >= 4 is 12.1 Å². The van der Waals surface area contributed by atoms with Gasteiger partial charge in [0.1, 0.15) is 11.1 Å². The molecule has 2 rings (SSSR count). The van der Waals surface area contributed by atoms with Crippen LogP contribution in [0.5, 0.6) is 0 Å². The van der Waals surface area contributed by atoms with Crippen molar-refractivity contribution in [1.82, 2.24) is 10.2 Å². The summed E-state index contributed by atoms with van der Waals surface area (Å²) in [6.07, 6.45) is 1.36. The number of ether oxygens (including phenoxy) is 2. The van der Waals surface area contributed by atoms with Crippen molar-refractivity contribution in [2.24, 2.45) is 0 Å². The second kappa shape index (κ2) is 8.74. The highest BCUT2D eigenvalue weighted by Crippen LogP contribution is 2.35. The number of amides is 1. The lowest BCUT2D eigenvalue weighted by Gasteiger charge is -2.37. The first-order valence-corrected chi connectivity index (χ1v) is 9.57. The largest absolute Gasteiger partial charge is 0.467 e. The highest BCUT2D eigenvalue weighted by molar-refractivity contribution is 5.86. The molecule has 27 heavy (non-hydrogen) atoms. The smallest absolute Gasteiger partial charge is 0.411 e. The van der Waals surface area contributed by atoms with Crippen LogP contribution in [0.1, 0.15) is 58.6 Å². The highest BCUT2D eigenvalue weighted by Gasteiger charge is 2.51. The van der Waals surface area contributed by atoms with Gasteiger partial charge in [0.05, 0.1) is 7.11 Å². The first-order valence-electron chi connectivity index (χ1n) is 9.57. The molecule has 6 heteroatoms. The molecule has 1 unspecified atom stereocenters. The van der Waals surface area contributed by atoms with Crippen LogP contribution in [-0.4, -0.2) is 48.3 Å². The number of rotatable bonds is 6. The van der Waals surface area contributed by atoms with E-state index in [1.54, 1.807) is 4.90 Å². The molecule has 1 heterocycles. The Labute approximate surface area is 162 Å². The Morgan fingerprint density at radius 3 is 2.52 bits per heavy atom. The Balaban J connectivity index is 2.09. The maximum atomic E-state index is 12.7. The molecular weight excluding hydrogens is 344 g/mol. The number of likely N-dealkylation sites (tertiary alicyclic amines) is 1. The molecule has 1 aromatic carbocycles. The monoisotopic (exact) mass is 376 g/mol. The zero-order chi connectivity index (χ0) is 20.1. The zero-order valence-electron chi connectivity index (χ0n) is 17.1. The van der Waals surface area contributed by atoms with Crippen molar-refractivity contribution in [3.8, 4) is 0 Å². The minimum atomic E-state index is -0.972. The Kier molecular flexibility index (Phi) is 6.87. The Morgan fingerprint density at radius 2 is 1.93 bits per heavy atom. The number of benzene rings is 1. The van der Waals surface area contributed by atoms with E-state index < -0.39 is 17.2 Å². The maximum absolute atomic E-state index is 12.7. The van der Waals surface area contributed by atoms with Crippen LogP contribution >= 0.6 is 0 Å². The van der Waals surface area contributed by atoms with Gasteiger partial charge in [0.15, 0.2) is 0 Å². The minimum absolute atomic E-state index is 0.150. The van der Waals surface area contributed by atoms with Crippen LogP contribution < -0.4 is 5.32 Å². The Hall–Kier alpha value is -2.08. The van der Waals surface area contributed by atoms with Crippen molar-refractivity contribution < 1.29 is 19.1 Å². The fourth-order valence-corrected chi connectivity index (χ4v) is 3.58. The highest BCUT2D eigenvalue weighted by atomic mass is 16.6. The quantitative estimate of drug-likeness (QED) is 0.767. The van der Waals surface area contributed by atoms with Gasteiger partial charge in [-0.3, -0.25) is 4.90 Å². The normalized spacial score (nSPS) is 21.0. The molecule has 1 aliphatic rings. The summed E-state index contributed by atoms with van der Waals surface area (Å²) in [5, 5.41) is 3.45. The molecule has 1 aliphatic heterocycles. The summed E-state index contributed by atoms with van der Waals surface area (Å²) >= 11 is 0. The minimum Gasteiger partial charge on any atom is -0.467 e. The number of esters is 1. The third-order valence-corrected chi connectivity index (χ3v) is 4.96. The van der Waals surface area contributed by atoms with E-state index in [0.29, 0.717) is 25.9 Å². The Bertz CT molecular complexity index is 641. The zero-order valence-corrected chi connectivity index (χ0v) is 17.1. The van der Waals surface area contributed by atoms with Crippen molar-refractivity contribution in [2.45, 2.75) is 64.1 Å². The predicted octanol–water partition coefficient (Wildman–Crippen LogP) is 3.67. The van der Waals surface area contributed by atoms with Crippen LogP contribution in [0.15, 0.2) is 30.3 Å². The molecule has 0 bridgehead atoms. The molecule has 1 fully saturated rings. The van der Waals surface area contributed by atoms with E-state index in [4.69, 9.17) is 9.47 Å². The van der Waals surface area contributed by atoms with Gasteiger partial charge in [-0.05, 0) is 59.1 Å². The van der Waals surface area contributed by atoms with Crippen LogP contribution in [-0.2, 0) is 14.3 Å². The molecule has 1 saturated heterocycles. The van der Waals surface area contributed by atoms with Gasteiger partial charge in [-0.2, -0.15) is 0 Å². The van der Waals surface area contributed by atoms with Gasteiger partial charge in [-0.1, -0.05) is 30.3 Å². The molecule has 1 N–H and O–H groups in total. The van der Waals surface area contributed by atoms with E-state index in [0.717, 1.165) is 6.42 Å². The van der Waals surface area contributed by atoms with Crippen molar-refractivity contribution in [3.05, 3.63) is 35.9 Å². The fraction of sp³-hybridized carbons (Fsp3) is 0.619. The standard InChI is InChI=1S/C21H32N2O4/c1-16(17-10-7-6-8-11-17)22-14-13-21(18(24)26-5)12-9-15-23(21)19(25)27-20(2,3)4/h6-8,10-11,16,22H,9,12-15H2,1-5H3/t16-,21?/m1/s1. The topological polar surface area (TPSA) is 67.9 Å². The van der Waals surface area contributed by atoms with E-state index in [1.165, 1.54) is 12.7 Å². The third-order valence-electron chi connectivity index (χ3n) is 4.96. The molecule has 1 amide bonds. The van der Waals surface area contributed by atoms with Crippen LogP contribution in [0.4, 0.5) is 4.79 Å². The second-order valence-electron chi connectivity index (χ2n) is 8.10. The third kappa shape index (κ3) is 5.22. The van der Waals surface area contributed by atoms with E-state index in [9.17, 15) is 9.59 Å². The number of hydrogen-bond donors (Lipinski definition) is 1. The van der Waals surface area contributed by atoms with Crippen LogP contribution in [0, 0.1) is 0 Å². The average Bonchev–Trinajstić information content (AvgIpc) is 3.05. The lowest BCUT2D eigenvalue weighted by atomic mass is 9.91. The molecule has 0 spiro atoms. The molecule has 0 aliphatic carbocycles. The number of methoxy groups -OCH3 is 1. The number of nitrogens with one attached hydrogen (secondary N) is 1. The van der Waals surface area contributed by atoms with Crippen molar-refractivity contribution in [2.75, 3.05) is 20.2 Å². The van der Waals surface area contributed by atoms with E-state index in [-0.39, 0.29) is 12.0 Å². The van der Waals surface area contributed by atoms with Gasteiger partial charge < -0.3 is 14.8 Å². The first kappa shape index (κ1) is 21.2. The summed E-state index contributed by atoms with van der Waals surface area (Å²) in [6, 6.07) is 10.3. The van der Waals surface area contributed by atoms with Crippen molar-refractivity contribution in [1.29, 1.82) is 0 Å². The number of carbonyl (C=O) groups is 2. The van der Waals surface area contributed by atoms with Gasteiger partial charge >= 0.3 is 12.1 Å².